The van der Waals surface area contributed by atoms with Crippen LogP contribution in [0.1, 0.15) is 52.7 Å². The number of methoxy groups -OCH3 is 2. The van der Waals surface area contributed by atoms with Gasteiger partial charge >= 0.3 is 0 Å². The van der Waals surface area contributed by atoms with Gasteiger partial charge in [-0.3, -0.25) is 0 Å². The first-order valence-corrected chi connectivity index (χ1v) is 8.45. The third kappa shape index (κ3) is 3.75. The zero-order valence-electron chi connectivity index (χ0n) is 16.3. The monoisotopic (exact) mass is 326 g/mol. The van der Waals surface area contributed by atoms with Crippen LogP contribution in [0.5, 0.6) is 11.5 Å². The molecule has 130 valence electrons. The second-order valence-corrected chi connectivity index (χ2v) is 8.33. The van der Waals surface area contributed by atoms with Gasteiger partial charge in [-0.1, -0.05) is 53.7 Å². The Bertz CT molecular complexity index is 716. The van der Waals surface area contributed by atoms with E-state index in [9.17, 15) is 0 Å². The highest BCUT2D eigenvalue weighted by atomic mass is 16.5. The van der Waals surface area contributed by atoms with Crippen LogP contribution in [0.2, 0.25) is 0 Å². The van der Waals surface area contributed by atoms with Crippen LogP contribution >= 0.6 is 0 Å². The molecule has 24 heavy (non-hydrogen) atoms. The van der Waals surface area contributed by atoms with Crippen molar-refractivity contribution in [1.29, 1.82) is 0 Å². The summed E-state index contributed by atoms with van der Waals surface area (Å²) in [5.41, 5.74) is 5.11. The van der Waals surface area contributed by atoms with Crippen molar-refractivity contribution in [3.63, 3.8) is 0 Å². The fourth-order valence-corrected chi connectivity index (χ4v) is 3.15. The second kappa shape index (κ2) is 6.51. The van der Waals surface area contributed by atoms with Gasteiger partial charge in [-0.15, -0.1) is 0 Å². The molecule has 2 aromatic rings. The molecule has 2 aromatic carbocycles. The maximum Gasteiger partial charge on any atom is 0.119 e. The van der Waals surface area contributed by atoms with Crippen LogP contribution in [0.15, 0.2) is 36.4 Å². The van der Waals surface area contributed by atoms with Crippen LogP contribution in [-0.4, -0.2) is 14.2 Å². The minimum Gasteiger partial charge on any atom is -0.497 e. The Morgan fingerprint density at radius 2 is 1.33 bits per heavy atom. The number of benzene rings is 2. The van der Waals surface area contributed by atoms with Crippen LogP contribution in [0.25, 0.3) is 11.1 Å². The number of hydrogen-bond donors (Lipinski definition) is 0. The highest BCUT2D eigenvalue weighted by Gasteiger charge is 2.29. The van der Waals surface area contributed by atoms with Gasteiger partial charge in [0, 0.05) is 0 Å². The van der Waals surface area contributed by atoms with Crippen LogP contribution < -0.4 is 9.47 Å². The predicted octanol–water partition coefficient (Wildman–Crippen LogP) is 5.97. The first-order valence-electron chi connectivity index (χ1n) is 8.45. The number of hydrogen-bond acceptors (Lipinski definition) is 2. The average Bonchev–Trinajstić information content (AvgIpc) is 2.51. The van der Waals surface area contributed by atoms with Crippen molar-refractivity contribution in [1.82, 2.24) is 0 Å². The van der Waals surface area contributed by atoms with Gasteiger partial charge in [0.1, 0.15) is 11.5 Å². The molecule has 0 aromatic heterocycles. The summed E-state index contributed by atoms with van der Waals surface area (Å²) >= 11 is 0. The Balaban J connectivity index is 2.86. The van der Waals surface area contributed by atoms with Crippen LogP contribution in [-0.2, 0) is 10.8 Å². The molecule has 0 atom stereocenters. The average molecular weight is 326 g/mol. The first-order chi connectivity index (χ1) is 11.1. The Labute approximate surface area is 146 Å². The summed E-state index contributed by atoms with van der Waals surface area (Å²) in [6.45, 7) is 13.6. The van der Waals surface area contributed by atoms with Gasteiger partial charge in [-0.05, 0) is 57.3 Å². The van der Waals surface area contributed by atoms with Crippen LogP contribution in [0.3, 0.4) is 0 Å². The van der Waals surface area contributed by atoms with E-state index in [-0.39, 0.29) is 10.8 Å². The largest absolute Gasteiger partial charge is 0.497 e. The van der Waals surface area contributed by atoms with Gasteiger partial charge in [0.15, 0.2) is 0 Å². The Hall–Kier alpha value is -1.96. The molecule has 2 heteroatoms. The molecule has 2 rings (SSSR count). The van der Waals surface area contributed by atoms with E-state index in [0.29, 0.717) is 0 Å². The topological polar surface area (TPSA) is 18.5 Å². The lowest BCUT2D eigenvalue weighted by Gasteiger charge is -2.33. The van der Waals surface area contributed by atoms with Gasteiger partial charge < -0.3 is 9.47 Å². The maximum absolute atomic E-state index is 5.61. The lowest BCUT2D eigenvalue weighted by molar-refractivity contribution is 0.411. The molecule has 0 heterocycles. The maximum atomic E-state index is 5.61. The lowest BCUT2D eigenvalue weighted by atomic mass is 9.72. The summed E-state index contributed by atoms with van der Waals surface area (Å²) in [7, 11) is 3.43. The molecule has 0 N–H and O–H groups in total. The Kier molecular flexibility index (Phi) is 4.98. The van der Waals surface area contributed by atoms with Crippen molar-refractivity contribution in [3.8, 4) is 22.6 Å². The fraction of sp³-hybridized carbons (Fsp3) is 0.455. The summed E-state index contributed by atoms with van der Waals surface area (Å²) in [6, 6.07) is 12.6. The van der Waals surface area contributed by atoms with Crippen molar-refractivity contribution in [2.24, 2.45) is 0 Å². The Morgan fingerprint density at radius 3 is 1.83 bits per heavy atom. The minimum absolute atomic E-state index is 0.0211. The molecular weight excluding hydrogens is 296 g/mol. The van der Waals surface area contributed by atoms with Gasteiger partial charge in [0.2, 0.25) is 0 Å². The van der Waals surface area contributed by atoms with Gasteiger partial charge in [-0.25, -0.2) is 0 Å². The van der Waals surface area contributed by atoms with E-state index in [1.54, 1.807) is 14.2 Å². The Morgan fingerprint density at radius 1 is 0.708 bits per heavy atom. The zero-order valence-corrected chi connectivity index (χ0v) is 16.3. The number of ether oxygens (including phenoxy) is 2. The number of rotatable bonds is 3. The molecule has 0 radical (unpaired) electrons. The smallest absolute Gasteiger partial charge is 0.119 e. The van der Waals surface area contributed by atoms with Crippen molar-refractivity contribution in [2.45, 2.75) is 52.4 Å². The van der Waals surface area contributed by atoms with Gasteiger partial charge in [-0.2, -0.15) is 0 Å². The summed E-state index contributed by atoms with van der Waals surface area (Å²) < 4.78 is 11.0. The van der Waals surface area contributed by atoms with E-state index in [1.165, 1.54) is 16.7 Å². The van der Waals surface area contributed by atoms with Crippen LogP contribution in [0, 0.1) is 0 Å². The van der Waals surface area contributed by atoms with Crippen molar-refractivity contribution in [2.75, 3.05) is 14.2 Å². The standard InChI is InChI=1S/C22H30O2/c1-21(2,3)19-14-17(24-8)13-18(20(19)22(4,5)6)15-10-9-11-16(12-15)23-7/h9-14H,1-8H3. The molecule has 0 aliphatic rings. The molecule has 0 aliphatic heterocycles. The second-order valence-electron chi connectivity index (χ2n) is 8.33. The van der Waals surface area contributed by atoms with Crippen molar-refractivity contribution >= 4 is 0 Å². The zero-order chi connectivity index (χ0) is 18.1. The third-order valence-electron chi connectivity index (χ3n) is 4.29. The van der Waals surface area contributed by atoms with E-state index in [2.05, 4.69) is 65.8 Å². The minimum atomic E-state index is 0.0211. The molecule has 0 unspecified atom stereocenters. The first kappa shape index (κ1) is 18.4. The molecule has 0 spiro atoms. The van der Waals surface area contributed by atoms with E-state index < -0.39 is 0 Å². The van der Waals surface area contributed by atoms with Crippen molar-refractivity contribution in [3.05, 3.63) is 47.5 Å². The predicted molar refractivity (Wildman–Crippen MR) is 102 cm³/mol. The summed E-state index contributed by atoms with van der Waals surface area (Å²) in [5, 5.41) is 0. The molecule has 0 aliphatic carbocycles. The summed E-state index contributed by atoms with van der Waals surface area (Å²) in [5.74, 6) is 1.76. The summed E-state index contributed by atoms with van der Waals surface area (Å²) in [6.07, 6.45) is 0. The van der Waals surface area contributed by atoms with Gasteiger partial charge in [0.25, 0.3) is 0 Å². The van der Waals surface area contributed by atoms with E-state index in [0.717, 1.165) is 17.1 Å². The molecule has 0 fully saturated rings. The van der Waals surface area contributed by atoms with E-state index in [4.69, 9.17) is 9.47 Å². The van der Waals surface area contributed by atoms with Crippen molar-refractivity contribution < 1.29 is 9.47 Å². The van der Waals surface area contributed by atoms with E-state index in [1.807, 2.05) is 12.1 Å². The fourth-order valence-electron chi connectivity index (χ4n) is 3.15. The molecule has 2 nitrogen and oxygen atoms in total. The third-order valence-corrected chi connectivity index (χ3v) is 4.29. The van der Waals surface area contributed by atoms with Gasteiger partial charge in [0.05, 0.1) is 14.2 Å². The summed E-state index contributed by atoms with van der Waals surface area (Å²) in [4.78, 5) is 0. The molecular formula is C22H30O2. The molecule has 0 bridgehead atoms. The van der Waals surface area contributed by atoms with E-state index >= 15 is 0 Å². The highest BCUT2D eigenvalue weighted by Crippen LogP contribution is 2.43. The molecule has 0 saturated heterocycles. The quantitative estimate of drug-likeness (QED) is 0.692. The SMILES string of the molecule is COc1cccc(-c2cc(OC)cc(C(C)(C)C)c2C(C)(C)C)c1. The van der Waals surface area contributed by atoms with Crippen LogP contribution in [0.4, 0.5) is 0 Å². The highest BCUT2D eigenvalue weighted by molar-refractivity contribution is 5.74. The molecule has 0 amide bonds. The lowest BCUT2D eigenvalue weighted by Crippen LogP contribution is -2.23. The normalized spacial score (nSPS) is 12.2. The molecule has 0 saturated carbocycles.